The molecule has 0 radical (unpaired) electrons. The molecule has 0 aliphatic heterocycles. The molecular formula is C13H15ClCrN2O9S. The fraction of sp³-hybridized carbons (Fsp3) is 0. The average molecular weight is 463 g/mol. The van der Waals surface area contributed by atoms with Crippen LogP contribution in [-0.2, 0) is 27.5 Å². The molecule has 11 nitrogen and oxygen atoms in total. The number of aromatic carboxylic acids is 1. The van der Waals surface area contributed by atoms with E-state index >= 15 is 0 Å². The number of phenols is 1. The fourth-order valence-corrected chi connectivity index (χ4v) is 2.62. The van der Waals surface area contributed by atoms with Gasteiger partial charge < -0.3 is 26.6 Å². The van der Waals surface area contributed by atoms with Gasteiger partial charge >= 0.3 is 5.97 Å². The van der Waals surface area contributed by atoms with Crippen LogP contribution in [0.3, 0.4) is 0 Å². The standard InChI is InChI=1S/C13H9ClN2O6S.Cr.3H2O/c14-10-3-1-8(6-12(10)23(20,21)22)16-15-7-2-4-11(17)9(5-7)13(18)19;;;;/h1-6,17H,(H,18,19)(H,20,21,22);;3*1H2. The minimum absolute atomic E-state index is 0. The second-order valence-electron chi connectivity index (χ2n) is 4.30. The van der Waals surface area contributed by atoms with E-state index in [4.69, 9.17) is 21.3 Å². The van der Waals surface area contributed by atoms with E-state index in [9.17, 15) is 18.3 Å². The van der Waals surface area contributed by atoms with Gasteiger partial charge in [0.25, 0.3) is 10.1 Å². The first-order chi connectivity index (χ1) is 10.7. The zero-order valence-electron chi connectivity index (χ0n) is 13.1. The Hall–Kier alpha value is -2.08. The average Bonchev–Trinajstić information content (AvgIpc) is 2.46. The summed E-state index contributed by atoms with van der Waals surface area (Å²) in [5, 5.41) is 25.6. The molecule has 0 aliphatic carbocycles. The Morgan fingerprint density at radius 1 is 0.963 bits per heavy atom. The van der Waals surface area contributed by atoms with Crippen LogP contribution in [0.4, 0.5) is 11.4 Å². The van der Waals surface area contributed by atoms with Crippen LogP contribution in [0.15, 0.2) is 51.5 Å². The fourth-order valence-electron chi connectivity index (χ4n) is 1.62. The summed E-state index contributed by atoms with van der Waals surface area (Å²) in [5.41, 5.74) is -0.147. The minimum Gasteiger partial charge on any atom is -0.507 e. The maximum atomic E-state index is 11.1. The number of carboxylic acid groups (broad SMARTS) is 1. The number of hydrogen-bond acceptors (Lipinski definition) is 6. The van der Waals surface area contributed by atoms with Crippen molar-refractivity contribution in [3.8, 4) is 5.75 Å². The van der Waals surface area contributed by atoms with Crippen molar-refractivity contribution in [3.63, 3.8) is 0 Å². The minimum atomic E-state index is -4.51. The zero-order valence-corrected chi connectivity index (χ0v) is 16.0. The maximum Gasteiger partial charge on any atom is 0.339 e. The number of rotatable bonds is 4. The first-order valence-corrected chi connectivity index (χ1v) is 7.75. The number of nitrogens with zero attached hydrogens (tertiary/aromatic N) is 2. The molecule has 2 aromatic rings. The molecule has 0 heterocycles. The Bertz CT molecular complexity index is 922. The van der Waals surface area contributed by atoms with Gasteiger partial charge in [-0.15, -0.1) is 0 Å². The van der Waals surface area contributed by atoms with E-state index in [-0.39, 0.29) is 55.8 Å². The summed E-state index contributed by atoms with van der Waals surface area (Å²) in [6.07, 6.45) is 0. The van der Waals surface area contributed by atoms with E-state index in [0.717, 1.165) is 18.2 Å². The van der Waals surface area contributed by atoms with Crippen LogP contribution < -0.4 is 0 Å². The molecule has 0 saturated carbocycles. The van der Waals surface area contributed by atoms with Crippen LogP contribution in [0.25, 0.3) is 0 Å². The van der Waals surface area contributed by atoms with Crippen LogP contribution >= 0.6 is 11.6 Å². The summed E-state index contributed by atoms with van der Waals surface area (Å²) in [6, 6.07) is 7.16. The van der Waals surface area contributed by atoms with Crippen molar-refractivity contribution in [2.45, 2.75) is 4.90 Å². The number of aromatic hydroxyl groups is 1. The van der Waals surface area contributed by atoms with Crippen molar-refractivity contribution < 1.29 is 61.8 Å². The van der Waals surface area contributed by atoms with Crippen LogP contribution in [0, 0.1) is 0 Å². The summed E-state index contributed by atoms with van der Waals surface area (Å²) < 4.78 is 31.3. The second kappa shape index (κ2) is 11.6. The molecule has 0 fully saturated rings. The van der Waals surface area contributed by atoms with Gasteiger partial charge in [-0.25, -0.2) is 4.79 Å². The Morgan fingerprint density at radius 3 is 1.93 bits per heavy atom. The second-order valence-corrected chi connectivity index (χ2v) is 6.09. The summed E-state index contributed by atoms with van der Waals surface area (Å²) in [6.45, 7) is 0. The van der Waals surface area contributed by atoms with Crippen molar-refractivity contribution in [2.24, 2.45) is 10.2 Å². The molecule has 27 heavy (non-hydrogen) atoms. The Balaban J connectivity index is -0.00000144. The third kappa shape index (κ3) is 7.59. The van der Waals surface area contributed by atoms with E-state index in [1.807, 2.05) is 0 Å². The van der Waals surface area contributed by atoms with Gasteiger partial charge in [0.15, 0.2) is 0 Å². The number of azo groups is 1. The van der Waals surface area contributed by atoms with E-state index in [1.54, 1.807) is 0 Å². The van der Waals surface area contributed by atoms with E-state index < -0.39 is 26.7 Å². The van der Waals surface area contributed by atoms with Gasteiger partial charge in [0, 0.05) is 17.4 Å². The molecule has 0 spiro atoms. The summed E-state index contributed by atoms with van der Waals surface area (Å²) in [5.74, 6) is -1.75. The van der Waals surface area contributed by atoms with Crippen LogP contribution in [-0.4, -0.2) is 45.6 Å². The Labute approximate surface area is 168 Å². The van der Waals surface area contributed by atoms with Crippen molar-refractivity contribution in [3.05, 3.63) is 47.0 Å². The van der Waals surface area contributed by atoms with Gasteiger partial charge in [-0.3, -0.25) is 4.55 Å². The van der Waals surface area contributed by atoms with Crippen molar-refractivity contribution in [2.75, 3.05) is 0 Å². The number of carboxylic acids is 1. The largest absolute Gasteiger partial charge is 0.507 e. The number of carbonyl (C=O) groups is 1. The molecule has 2 aromatic carbocycles. The molecule has 150 valence electrons. The smallest absolute Gasteiger partial charge is 0.339 e. The molecular weight excluding hydrogens is 448 g/mol. The van der Waals surface area contributed by atoms with Crippen molar-refractivity contribution in [1.82, 2.24) is 0 Å². The maximum absolute atomic E-state index is 11.1. The van der Waals surface area contributed by atoms with Crippen molar-refractivity contribution in [1.29, 1.82) is 0 Å². The van der Waals surface area contributed by atoms with Crippen LogP contribution in [0.2, 0.25) is 5.02 Å². The Kier molecular flexibility index (Phi) is 12.7. The van der Waals surface area contributed by atoms with Crippen molar-refractivity contribution >= 4 is 39.1 Å². The van der Waals surface area contributed by atoms with Crippen LogP contribution in [0.1, 0.15) is 10.4 Å². The summed E-state index contributed by atoms with van der Waals surface area (Å²) in [4.78, 5) is 10.4. The molecule has 0 atom stereocenters. The van der Waals surface area contributed by atoms with Gasteiger partial charge in [0.05, 0.1) is 16.4 Å². The molecule has 0 bridgehead atoms. The SMILES string of the molecule is O.O.O.O=C(O)c1cc(N=Nc2ccc(Cl)c(S(=O)(=O)O)c2)ccc1O.[Cr]. The zero-order chi connectivity index (χ0) is 17.2. The van der Waals surface area contributed by atoms with Gasteiger partial charge in [-0.2, -0.15) is 18.6 Å². The van der Waals surface area contributed by atoms with Crippen LogP contribution in [0.5, 0.6) is 5.75 Å². The Morgan fingerprint density at radius 2 is 1.44 bits per heavy atom. The molecule has 0 amide bonds. The number of benzene rings is 2. The third-order valence-corrected chi connectivity index (χ3v) is 4.02. The predicted octanol–water partition coefficient (Wildman–Crippen LogP) is 0.929. The number of halogens is 1. The topological polar surface area (TPSA) is 231 Å². The monoisotopic (exact) mass is 462 g/mol. The molecule has 14 heteroatoms. The van der Waals surface area contributed by atoms with E-state index in [2.05, 4.69) is 10.2 Å². The van der Waals surface area contributed by atoms with Gasteiger partial charge in [-0.05, 0) is 36.4 Å². The van der Waals surface area contributed by atoms with Gasteiger partial charge in [0.2, 0.25) is 0 Å². The third-order valence-electron chi connectivity index (χ3n) is 2.68. The number of hydrogen-bond donors (Lipinski definition) is 3. The first kappa shape index (κ1) is 29.7. The quantitative estimate of drug-likeness (QED) is 0.441. The molecule has 0 saturated heterocycles. The van der Waals surface area contributed by atoms with E-state index in [1.165, 1.54) is 18.2 Å². The van der Waals surface area contributed by atoms with Gasteiger partial charge in [-0.1, -0.05) is 11.6 Å². The summed E-state index contributed by atoms with van der Waals surface area (Å²) in [7, 11) is -4.51. The van der Waals surface area contributed by atoms with E-state index in [0.29, 0.717) is 0 Å². The molecule has 0 unspecified atom stereocenters. The van der Waals surface area contributed by atoms with Gasteiger partial charge in [0.1, 0.15) is 16.2 Å². The molecule has 0 aliphatic rings. The predicted molar refractivity (Wildman–Crippen MR) is 91.4 cm³/mol. The molecule has 9 N–H and O–H groups in total. The normalized spacial score (nSPS) is 10.0. The first-order valence-electron chi connectivity index (χ1n) is 5.93. The molecule has 0 aromatic heterocycles. The summed E-state index contributed by atoms with van der Waals surface area (Å²) >= 11 is 5.67. The molecule has 2 rings (SSSR count).